The van der Waals surface area contributed by atoms with Crippen molar-refractivity contribution >= 4 is 32.9 Å². The summed E-state index contributed by atoms with van der Waals surface area (Å²) in [5, 5.41) is 8.57. The molecule has 136 valence electrons. The summed E-state index contributed by atoms with van der Waals surface area (Å²) in [6, 6.07) is 40.0. The van der Waals surface area contributed by atoms with Gasteiger partial charge in [-0.15, -0.1) is 0 Å². The van der Waals surface area contributed by atoms with Crippen molar-refractivity contribution in [2.24, 2.45) is 0 Å². The molecule has 0 radical (unpaired) electrons. The van der Waals surface area contributed by atoms with Crippen LogP contribution in [0.2, 0.25) is 0 Å². The average molecular weight is 361 g/mol. The molecule has 0 aliphatic carbocycles. The van der Waals surface area contributed by atoms with Crippen molar-refractivity contribution in [2.75, 3.05) is 5.32 Å². The predicted octanol–water partition coefficient (Wildman–Crippen LogP) is 7.73. The molecule has 0 spiro atoms. The Morgan fingerprint density at radius 2 is 0.857 bits per heavy atom. The second-order valence-electron chi connectivity index (χ2n) is 6.90. The minimum absolute atomic E-state index is 1.12. The number of benzene rings is 5. The molecule has 0 fully saturated rings. The van der Waals surface area contributed by atoms with Crippen molar-refractivity contribution in [2.45, 2.75) is 6.92 Å². The Hall–Kier alpha value is -3.58. The fourth-order valence-corrected chi connectivity index (χ4v) is 3.20. The molecule has 0 saturated carbocycles. The van der Waals surface area contributed by atoms with E-state index in [9.17, 15) is 0 Å². The van der Waals surface area contributed by atoms with Crippen molar-refractivity contribution in [3.8, 4) is 0 Å². The van der Waals surface area contributed by atoms with Crippen molar-refractivity contribution in [1.29, 1.82) is 0 Å². The molecule has 28 heavy (non-hydrogen) atoms. The topological polar surface area (TPSA) is 12.0 Å². The van der Waals surface area contributed by atoms with Gasteiger partial charge in [0.05, 0.1) is 0 Å². The van der Waals surface area contributed by atoms with Crippen molar-refractivity contribution in [3.05, 3.63) is 121 Å². The first-order chi connectivity index (χ1) is 13.8. The molecule has 0 amide bonds. The molecule has 0 saturated heterocycles. The first-order valence-corrected chi connectivity index (χ1v) is 9.54. The molecule has 1 nitrogen and oxygen atoms in total. The Morgan fingerprint density at radius 3 is 1.39 bits per heavy atom. The van der Waals surface area contributed by atoms with Gasteiger partial charge in [0.25, 0.3) is 0 Å². The SMILES string of the molecule is Cc1ccc(Nc2ccc3ccccc3c2)cc1.c1ccc2ccccc2c1. The van der Waals surface area contributed by atoms with Gasteiger partial charge in [-0.25, -0.2) is 0 Å². The lowest BCUT2D eigenvalue weighted by atomic mass is 10.1. The summed E-state index contributed by atoms with van der Waals surface area (Å²) in [5.41, 5.74) is 3.52. The molecule has 0 bridgehead atoms. The van der Waals surface area contributed by atoms with Gasteiger partial charge in [-0.1, -0.05) is 96.6 Å². The Bertz CT molecular complexity index is 1120. The average Bonchev–Trinajstić information content (AvgIpc) is 2.76. The van der Waals surface area contributed by atoms with E-state index in [4.69, 9.17) is 0 Å². The summed E-state index contributed by atoms with van der Waals surface area (Å²) in [7, 11) is 0. The van der Waals surface area contributed by atoms with E-state index in [1.54, 1.807) is 0 Å². The molecule has 1 heteroatoms. The molecule has 0 aliphatic heterocycles. The molecule has 5 aromatic carbocycles. The van der Waals surface area contributed by atoms with E-state index < -0.39 is 0 Å². The smallest absolute Gasteiger partial charge is 0.0390 e. The van der Waals surface area contributed by atoms with Gasteiger partial charge in [-0.3, -0.25) is 0 Å². The minimum Gasteiger partial charge on any atom is -0.356 e. The quantitative estimate of drug-likeness (QED) is 0.339. The van der Waals surface area contributed by atoms with Crippen molar-refractivity contribution in [3.63, 3.8) is 0 Å². The molecule has 0 atom stereocenters. The van der Waals surface area contributed by atoms with Crippen LogP contribution in [0.15, 0.2) is 115 Å². The Kier molecular flexibility index (Phi) is 5.35. The highest BCUT2D eigenvalue weighted by Crippen LogP contribution is 2.22. The van der Waals surface area contributed by atoms with E-state index >= 15 is 0 Å². The number of fused-ring (bicyclic) bond motifs is 2. The third-order valence-corrected chi connectivity index (χ3v) is 4.75. The van der Waals surface area contributed by atoms with Crippen LogP contribution >= 0.6 is 0 Å². The van der Waals surface area contributed by atoms with E-state index in [1.807, 2.05) is 0 Å². The molecule has 0 heterocycles. The normalized spacial score (nSPS) is 10.3. The van der Waals surface area contributed by atoms with E-state index in [0.29, 0.717) is 0 Å². The fourth-order valence-electron chi connectivity index (χ4n) is 3.20. The summed E-state index contributed by atoms with van der Waals surface area (Å²) in [6.07, 6.45) is 0. The number of anilines is 2. The van der Waals surface area contributed by atoms with Gasteiger partial charge < -0.3 is 5.32 Å². The summed E-state index contributed by atoms with van der Waals surface area (Å²) in [5.74, 6) is 0. The van der Waals surface area contributed by atoms with Crippen LogP contribution in [0.3, 0.4) is 0 Å². The molecule has 5 rings (SSSR count). The summed E-state index contributed by atoms with van der Waals surface area (Å²) in [6.45, 7) is 2.10. The van der Waals surface area contributed by atoms with Crippen LogP contribution < -0.4 is 5.32 Å². The standard InChI is InChI=1S/C17H15N.C10H8/c1-13-6-9-16(10-7-13)18-17-11-8-14-4-2-3-5-15(14)12-17;1-2-6-10-8-4-3-7-9(10)5-1/h2-12,18H,1H3;1-8H. The van der Waals surface area contributed by atoms with Crippen LogP contribution in [0.5, 0.6) is 0 Å². The van der Waals surface area contributed by atoms with Crippen LogP contribution in [-0.2, 0) is 0 Å². The zero-order valence-corrected chi connectivity index (χ0v) is 16.0. The van der Waals surface area contributed by atoms with Crippen LogP contribution in [0.1, 0.15) is 5.56 Å². The van der Waals surface area contributed by atoms with Crippen molar-refractivity contribution < 1.29 is 0 Å². The highest BCUT2D eigenvalue weighted by molar-refractivity contribution is 5.86. The van der Waals surface area contributed by atoms with Gasteiger partial charge >= 0.3 is 0 Å². The predicted molar refractivity (Wildman–Crippen MR) is 122 cm³/mol. The van der Waals surface area contributed by atoms with E-state index in [1.165, 1.54) is 27.1 Å². The number of rotatable bonds is 2. The molecule has 5 aromatic rings. The monoisotopic (exact) mass is 361 g/mol. The number of hydrogen-bond donors (Lipinski definition) is 1. The van der Waals surface area contributed by atoms with Gasteiger partial charge in [0.15, 0.2) is 0 Å². The zero-order chi connectivity index (χ0) is 19.2. The van der Waals surface area contributed by atoms with Crippen LogP contribution in [0, 0.1) is 6.92 Å². The Balaban J connectivity index is 0.000000162. The second-order valence-corrected chi connectivity index (χ2v) is 6.90. The summed E-state index contributed by atoms with van der Waals surface area (Å²) < 4.78 is 0. The maximum absolute atomic E-state index is 3.42. The van der Waals surface area contributed by atoms with Crippen LogP contribution in [0.25, 0.3) is 21.5 Å². The van der Waals surface area contributed by atoms with Gasteiger partial charge in [0.2, 0.25) is 0 Å². The third kappa shape index (κ3) is 4.39. The maximum atomic E-state index is 3.42. The van der Waals surface area contributed by atoms with Crippen molar-refractivity contribution in [1.82, 2.24) is 0 Å². The molecular formula is C27H23N. The molecule has 0 aliphatic rings. The largest absolute Gasteiger partial charge is 0.356 e. The van der Waals surface area contributed by atoms with E-state index in [0.717, 1.165) is 11.4 Å². The lowest BCUT2D eigenvalue weighted by Gasteiger charge is -2.08. The molecular weight excluding hydrogens is 338 g/mol. The molecule has 0 aromatic heterocycles. The molecule has 0 unspecified atom stereocenters. The second kappa shape index (κ2) is 8.41. The van der Waals surface area contributed by atoms with E-state index in [-0.39, 0.29) is 0 Å². The molecule has 1 N–H and O–H groups in total. The highest BCUT2D eigenvalue weighted by Gasteiger charge is 1.97. The first kappa shape index (κ1) is 17.8. The maximum Gasteiger partial charge on any atom is 0.0390 e. The Morgan fingerprint density at radius 1 is 0.429 bits per heavy atom. The lowest BCUT2D eigenvalue weighted by molar-refractivity contribution is 1.46. The lowest BCUT2D eigenvalue weighted by Crippen LogP contribution is -1.89. The Labute approximate surface area is 166 Å². The third-order valence-electron chi connectivity index (χ3n) is 4.75. The highest BCUT2D eigenvalue weighted by atomic mass is 14.9. The van der Waals surface area contributed by atoms with Gasteiger partial charge in [0, 0.05) is 11.4 Å². The number of hydrogen-bond acceptors (Lipinski definition) is 1. The summed E-state index contributed by atoms with van der Waals surface area (Å²) in [4.78, 5) is 0. The minimum atomic E-state index is 1.12. The number of aryl methyl sites for hydroxylation is 1. The van der Waals surface area contributed by atoms with Crippen LogP contribution in [-0.4, -0.2) is 0 Å². The zero-order valence-electron chi connectivity index (χ0n) is 16.0. The number of nitrogens with one attached hydrogen (secondary N) is 1. The fraction of sp³-hybridized carbons (Fsp3) is 0.0370. The summed E-state index contributed by atoms with van der Waals surface area (Å²) >= 11 is 0. The van der Waals surface area contributed by atoms with E-state index in [2.05, 4.69) is 128 Å². The van der Waals surface area contributed by atoms with Gasteiger partial charge in [-0.05, 0) is 52.7 Å². The first-order valence-electron chi connectivity index (χ1n) is 9.54. The van der Waals surface area contributed by atoms with Crippen LogP contribution in [0.4, 0.5) is 11.4 Å². The van der Waals surface area contributed by atoms with Gasteiger partial charge in [0.1, 0.15) is 0 Å². The van der Waals surface area contributed by atoms with Gasteiger partial charge in [-0.2, -0.15) is 0 Å².